The maximum absolute atomic E-state index is 13.3. The fourth-order valence-corrected chi connectivity index (χ4v) is 2.71. The third-order valence-corrected chi connectivity index (χ3v) is 4.22. The van der Waals surface area contributed by atoms with Crippen molar-refractivity contribution < 1.29 is 13.9 Å². The number of benzene rings is 1. The summed E-state index contributed by atoms with van der Waals surface area (Å²) in [6, 6.07) is 1.48. The van der Waals surface area contributed by atoms with E-state index in [9.17, 15) is 8.78 Å². The normalized spacial score (nSPS) is 12.0. The first-order chi connectivity index (χ1) is 10.9. The summed E-state index contributed by atoms with van der Waals surface area (Å²) in [5.74, 6) is -3.25. The van der Waals surface area contributed by atoms with Crippen LogP contribution in [0.25, 0.3) is 22.0 Å². The molecule has 0 aliphatic rings. The molecule has 2 aromatic heterocycles. The number of hydrogen-bond donors (Lipinski definition) is 4. The number of rotatable bonds is 5. The van der Waals surface area contributed by atoms with Gasteiger partial charge >= 0.3 is 0 Å². The van der Waals surface area contributed by atoms with Crippen LogP contribution in [-0.2, 0) is 0 Å². The highest BCUT2D eigenvalue weighted by Gasteiger charge is 2.28. The summed E-state index contributed by atoms with van der Waals surface area (Å²) in [6.45, 7) is -1.97. The topological polar surface area (TPSA) is 76.7 Å². The van der Waals surface area contributed by atoms with Crippen LogP contribution < -0.4 is 5.32 Å². The Labute approximate surface area is 139 Å². The summed E-state index contributed by atoms with van der Waals surface area (Å²) >= 11 is 12.3. The van der Waals surface area contributed by atoms with Gasteiger partial charge in [-0.15, -0.1) is 0 Å². The fraction of sp³-hybridized carbons (Fsp3) is 0.214. The zero-order chi connectivity index (χ0) is 16.6. The number of aliphatic hydroxyl groups excluding tert-OH is 1. The first-order valence-electron chi connectivity index (χ1n) is 6.64. The standard InChI is InChI=1S/C14H12Cl2F2N4O/c15-9-1-10(20-5-14(17,18)6-23)11-8(7-2-21-22-3-7)4-19-13(11)12(9)16/h1-4,19-20,23H,5-6H2,(H,21,22). The number of fused-ring (bicyclic) bond motifs is 1. The Bertz CT molecular complexity index is 833. The summed E-state index contributed by atoms with van der Waals surface area (Å²) in [4.78, 5) is 3.00. The van der Waals surface area contributed by atoms with Crippen molar-refractivity contribution in [2.24, 2.45) is 0 Å². The second-order valence-corrected chi connectivity index (χ2v) is 5.81. The molecule has 0 bridgehead atoms. The van der Waals surface area contributed by atoms with Crippen LogP contribution in [0.15, 0.2) is 24.7 Å². The maximum atomic E-state index is 13.3. The summed E-state index contributed by atoms with van der Waals surface area (Å²) in [5.41, 5.74) is 2.43. The Hall–Kier alpha value is -1.83. The van der Waals surface area contributed by atoms with Gasteiger partial charge in [0, 0.05) is 34.6 Å². The molecule has 2 heterocycles. The van der Waals surface area contributed by atoms with Gasteiger partial charge in [0.25, 0.3) is 5.92 Å². The predicted molar refractivity (Wildman–Crippen MR) is 86.4 cm³/mol. The summed E-state index contributed by atoms with van der Waals surface area (Å²) < 4.78 is 26.6. The van der Waals surface area contributed by atoms with Crippen LogP contribution in [0, 0.1) is 0 Å². The lowest BCUT2D eigenvalue weighted by Gasteiger charge is -2.16. The fourth-order valence-electron chi connectivity index (χ4n) is 2.30. The monoisotopic (exact) mass is 360 g/mol. The highest BCUT2D eigenvalue weighted by molar-refractivity contribution is 6.46. The molecule has 3 aromatic rings. The van der Waals surface area contributed by atoms with Gasteiger partial charge in [-0.3, -0.25) is 5.10 Å². The highest BCUT2D eigenvalue weighted by atomic mass is 35.5. The van der Waals surface area contributed by atoms with Crippen molar-refractivity contribution in [3.05, 3.63) is 34.7 Å². The van der Waals surface area contributed by atoms with Gasteiger partial charge in [-0.2, -0.15) is 5.10 Å². The molecule has 23 heavy (non-hydrogen) atoms. The molecule has 0 spiro atoms. The molecule has 122 valence electrons. The van der Waals surface area contributed by atoms with Crippen LogP contribution in [0.5, 0.6) is 0 Å². The van der Waals surface area contributed by atoms with E-state index < -0.39 is 19.1 Å². The molecule has 4 N–H and O–H groups in total. The van der Waals surface area contributed by atoms with Crippen molar-refractivity contribution in [2.75, 3.05) is 18.5 Å². The quantitative estimate of drug-likeness (QED) is 0.557. The zero-order valence-electron chi connectivity index (χ0n) is 11.6. The third kappa shape index (κ3) is 2.99. The van der Waals surface area contributed by atoms with Gasteiger partial charge in [-0.05, 0) is 6.07 Å². The highest BCUT2D eigenvalue weighted by Crippen LogP contribution is 2.41. The molecule has 0 radical (unpaired) electrons. The molecule has 0 amide bonds. The van der Waals surface area contributed by atoms with Gasteiger partial charge in [0.15, 0.2) is 0 Å². The Morgan fingerprint density at radius 3 is 2.74 bits per heavy atom. The van der Waals surface area contributed by atoms with Gasteiger partial charge in [0.05, 0.1) is 28.3 Å². The van der Waals surface area contributed by atoms with Crippen LogP contribution in [0.3, 0.4) is 0 Å². The van der Waals surface area contributed by atoms with Gasteiger partial charge in [-0.1, -0.05) is 23.2 Å². The number of anilines is 1. The molecule has 0 atom stereocenters. The number of halogens is 4. The van der Waals surface area contributed by atoms with Crippen LogP contribution in [0.2, 0.25) is 10.0 Å². The van der Waals surface area contributed by atoms with E-state index in [1.54, 1.807) is 18.6 Å². The van der Waals surface area contributed by atoms with Crippen LogP contribution in [0.1, 0.15) is 0 Å². The lowest BCUT2D eigenvalue weighted by molar-refractivity contribution is -0.0372. The van der Waals surface area contributed by atoms with Crippen LogP contribution in [0.4, 0.5) is 14.5 Å². The van der Waals surface area contributed by atoms with Crippen LogP contribution in [-0.4, -0.2) is 39.4 Å². The molecule has 0 saturated heterocycles. The minimum Gasteiger partial charge on any atom is -0.390 e. The minimum atomic E-state index is -3.25. The van der Waals surface area contributed by atoms with Crippen molar-refractivity contribution >= 4 is 39.8 Å². The molecular formula is C14H12Cl2F2N4O. The number of hydrogen-bond acceptors (Lipinski definition) is 3. The molecule has 0 aliphatic heterocycles. The molecule has 0 saturated carbocycles. The van der Waals surface area contributed by atoms with Crippen LogP contribution >= 0.6 is 23.2 Å². The first kappa shape index (κ1) is 16.0. The van der Waals surface area contributed by atoms with Gasteiger partial charge in [0.1, 0.15) is 6.61 Å². The molecule has 5 nitrogen and oxygen atoms in total. The van der Waals surface area contributed by atoms with Gasteiger partial charge in [-0.25, -0.2) is 8.78 Å². The molecular weight excluding hydrogens is 349 g/mol. The third-order valence-electron chi connectivity index (χ3n) is 3.43. The Morgan fingerprint density at radius 1 is 1.30 bits per heavy atom. The minimum absolute atomic E-state index is 0.231. The Balaban J connectivity index is 2.12. The number of aromatic amines is 2. The Morgan fingerprint density at radius 2 is 2.09 bits per heavy atom. The Kier molecular flexibility index (Phi) is 4.18. The van der Waals surface area contributed by atoms with E-state index >= 15 is 0 Å². The van der Waals surface area contributed by atoms with E-state index in [0.717, 1.165) is 11.1 Å². The molecule has 0 fully saturated rings. The second-order valence-electron chi connectivity index (χ2n) is 5.03. The average molecular weight is 361 g/mol. The molecule has 0 aliphatic carbocycles. The molecule has 0 unspecified atom stereocenters. The number of nitrogens with zero attached hydrogens (tertiary/aromatic N) is 1. The van der Waals surface area contributed by atoms with E-state index in [2.05, 4.69) is 20.5 Å². The number of nitrogens with one attached hydrogen (secondary N) is 3. The number of alkyl halides is 2. The summed E-state index contributed by atoms with van der Waals surface area (Å²) in [7, 11) is 0. The molecule has 1 aromatic carbocycles. The average Bonchev–Trinajstić information content (AvgIpc) is 3.18. The van der Waals surface area contributed by atoms with E-state index in [0.29, 0.717) is 21.6 Å². The smallest absolute Gasteiger partial charge is 0.287 e. The van der Waals surface area contributed by atoms with Gasteiger partial charge in [0.2, 0.25) is 0 Å². The van der Waals surface area contributed by atoms with Crippen molar-refractivity contribution in [2.45, 2.75) is 5.92 Å². The maximum Gasteiger partial charge on any atom is 0.287 e. The zero-order valence-corrected chi connectivity index (χ0v) is 13.1. The summed E-state index contributed by atoms with van der Waals surface area (Å²) in [6.07, 6.45) is 4.99. The van der Waals surface area contributed by atoms with E-state index in [1.165, 1.54) is 6.07 Å². The molecule has 3 rings (SSSR count). The SMILES string of the molecule is OCC(F)(F)CNc1cc(Cl)c(Cl)c2[nH]cc(-c3cn[nH]c3)c12. The number of H-pyrrole nitrogens is 2. The number of aliphatic hydroxyl groups is 1. The van der Waals surface area contributed by atoms with Crippen molar-refractivity contribution in [3.63, 3.8) is 0 Å². The predicted octanol–water partition coefficient (Wildman–Crippen LogP) is 3.90. The van der Waals surface area contributed by atoms with E-state index in [4.69, 9.17) is 28.3 Å². The van der Waals surface area contributed by atoms with Crippen molar-refractivity contribution in [1.82, 2.24) is 15.2 Å². The van der Waals surface area contributed by atoms with Crippen molar-refractivity contribution in [1.29, 1.82) is 0 Å². The van der Waals surface area contributed by atoms with Crippen molar-refractivity contribution in [3.8, 4) is 11.1 Å². The first-order valence-corrected chi connectivity index (χ1v) is 7.39. The summed E-state index contributed by atoms with van der Waals surface area (Å²) in [5, 5.41) is 19.1. The lowest BCUT2D eigenvalue weighted by atomic mass is 10.1. The van der Waals surface area contributed by atoms with E-state index in [1.807, 2.05) is 0 Å². The largest absolute Gasteiger partial charge is 0.390 e. The van der Waals surface area contributed by atoms with Gasteiger partial charge < -0.3 is 15.4 Å². The molecule has 9 heteroatoms. The van der Waals surface area contributed by atoms with E-state index in [-0.39, 0.29) is 5.02 Å². The number of aromatic nitrogens is 3. The second kappa shape index (κ2) is 5.99. The lowest BCUT2D eigenvalue weighted by Crippen LogP contribution is -2.31.